The van der Waals surface area contributed by atoms with Crippen molar-refractivity contribution in [1.82, 2.24) is 5.32 Å². The fourth-order valence-electron chi connectivity index (χ4n) is 1.42. The van der Waals surface area contributed by atoms with Gasteiger partial charge in [-0.05, 0) is 19.3 Å². The molecule has 1 unspecified atom stereocenters. The molecule has 4 heteroatoms. The van der Waals surface area contributed by atoms with Crippen LogP contribution < -0.4 is 5.32 Å². The largest absolute Gasteiger partial charge is 0.388 e. The predicted octanol–water partition coefficient (Wildman–Crippen LogP) is 0.546. The molecule has 0 aromatic rings. The summed E-state index contributed by atoms with van der Waals surface area (Å²) >= 11 is 0. The molecular formula is C10H21NO3. The van der Waals surface area contributed by atoms with Crippen LogP contribution in [0.15, 0.2) is 0 Å². The number of methoxy groups -OCH3 is 1. The summed E-state index contributed by atoms with van der Waals surface area (Å²) in [7, 11) is 1.46. The van der Waals surface area contributed by atoms with Gasteiger partial charge >= 0.3 is 0 Å². The standard InChI is InChI=1S/C10H21NO3/c1-8(2)5-10(3,13)7-11-9(12)6-14-4/h8,13H,5-7H2,1-4H3,(H,11,12). The highest BCUT2D eigenvalue weighted by molar-refractivity contribution is 5.77. The van der Waals surface area contributed by atoms with Gasteiger partial charge < -0.3 is 15.2 Å². The summed E-state index contributed by atoms with van der Waals surface area (Å²) in [5, 5.41) is 12.5. The van der Waals surface area contributed by atoms with Crippen LogP contribution in [0.3, 0.4) is 0 Å². The molecule has 14 heavy (non-hydrogen) atoms. The van der Waals surface area contributed by atoms with Gasteiger partial charge in [0.1, 0.15) is 6.61 Å². The van der Waals surface area contributed by atoms with Crippen molar-refractivity contribution in [2.75, 3.05) is 20.3 Å². The fourth-order valence-corrected chi connectivity index (χ4v) is 1.42. The highest BCUT2D eigenvalue weighted by atomic mass is 16.5. The number of hydrogen-bond acceptors (Lipinski definition) is 3. The van der Waals surface area contributed by atoms with Crippen LogP contribution in [-0.4, -0.2) is 36.9 Å². The Balaban J connectivity index is 3.80. The van der Waals surface area contributed by atoms with Crippen molar-refractivity contribution in [1.29, 1.82) is 0 Å². The maximum absolute atomic E-state index is 11.0. The molecule has 0 rings (SSSR count). The molecule has 1 atom stereocenters. The van der Waals surface area contributed by atoms with E-state index in [-0.39, 0.29) is 19.1 Å². The first-order valence-electron chi connectivity index (χ1n) is 4.85. The van der Waals surface area contributed by atoms with Crippen LogP contribution in [0.4, 0.5) is 0 Å². The summed E-state index contributed by atoms with van der Waals surface area (Å²) < 4.78 is 4.66. The van der Waals surface area contributed by atoms with E-state index in [1.807, 2.05) is 13.8 Å². The maximum atomic E-state index is 11.0. The van der Waals surface area contributed by atoms with Gasteiger partial charge in [-0.2, -0.15) is 0 Å². The second-order valence-electron chi connectivity index (χ2n) is 4.30. The number of aliphatic hydroxyl groups is 1. The van der Waals surface area contributed by atoms with E-state index < -0.39 is 5.60 Å². The molecular weight excluding hydrogens is 182 g/mol. The molecule has 0 fully saturated rings. The number of nitrogens with one attached hydrogen (secondary N) is 1. The Morgan fingerprint density at radius 2 is 2.14 bits per heavy atom. The van der Waals surface area contributed by atoms with E-state index in [4.69, 9.17) is 0 Å². The molecule has 0 saturated carbocycles. The van der Waals surface area contributed by atoms with Gasteiger partial charge in [0, 0.05) is 13.7 Å². The minimum atomic E-state index is -0.836. The van der Waals surface area contributed by atoms with Gasteiger partial charge in [-0.3, -0.25) is 4.79 Å². The average Bonchev–Trinajstić information content (AvgIpc) is 1.99. The van der Waals surface area contributed by atoms with Crippen LogP contribution >= 0.6 is 0 Å². The highest BCUT2D eigenvalue weighted by Gasteiger charge is 2.22. The molecule has 0 heterocycles. The average molecular weight is 203 g/mol. The first-order chi connectivity index (χ1) is 6.37. The number of hydrogen-bond donors (Lipinski definition) is 2. The van der Waals surface area contributed by atoms with Gasteiger partial charge in [0.05, 0.1) is 5.60 Å². The molecule has 0 bridgehead atoms. The van der Waals surface area contributed by atoms with Crippen molar-refractivity contribution in [3.8, 4) is 0 Å². The molecule has 0 aliphatic carbocycles. The minimum absolute atomic E-state index is 0.0394. The van der Waals surface area contributed by atoms with Crippen molar-refractivity contribution >= 4 is 5.91 Å². The number of ether oxygens (including phenoxy) is 1. The van der Waals surface area contributed by atoms with Crippen molar-refractivity contribution < 1.29 is 14.6 Å². The summed E-state index contributed by atoms with van der Waals surface area (Å²) in [5.41, 5.74) is -0.836. The molecule has 0 radical (unpaired) electrons. The minimum Gasteiger partial charge on any atom is -0.388 e. The molecule has 0 saturated heterocycles. The fraction of sp³-hybridized carbons (Fsp3) is 0.900. The zero-order valence-electron chi connectivity index (χ0n) is 9.46. The topological polar surface area (TPSA) is 58.6 Å². The lowest BCUT2D eigenvalue weighted by molar-refractivity contribution is -0.126. The van der Waals surface area contributed by atoms with E-state index in [2.05, 4.69) is 10.1 Å². The SMILES string of the molecule is COCC(=O)NCC(C)(O)CC(C)C. The van der Waals surface area contributed by atoms with Crippen molar-refractivity contribution in [2.45, 2.75) is 32.8 Å². The molecule has 2 N–H and O–H groups in total. The second kappa shape index (κ2) is 5.98. The second-order valence-corrected chi connectivity index (χ2v) is 4.30. The monoisotopic (exact) mass is 203 g/mol. The lowest BCUT2D eigenvalue weighted by Crippen LogP contribution is -2.42. The third-order valence-corrected chi connectivity index (χ3v) is 1.79. The Labute approximate surface area is 85.6 Å². The Bertz CT molecular complexity index is 178. The zero-order valence-corrected chi connectivity index (χ0v) is 9.46. The number of rotatable bonds is 6. The molecule has 0 aromatic heterocycles. The van der Waals surface area contributed by atoms with E-state index in [1.54, 1.807) is 6.92 Å². The summed E-state index contributed by atoms with van der Waals surface area (Å²) in [6.45, 7) is 6.10. The highest BCUT2D eigenvalue weighted by Crippen LogP contribution is 2.14. The molecule has 0 aliphatic rings. The summed E-state index contributed by atoms with van der Waals surface area (Å²) in [6, 6.07) is 0. The van der Waals surface area contributed by atoms with E-state index in [9.17, 15) is 9.90 Å². The predicted molar refractivity (Wildman–Crippen MR) is 55.0 cm³/mol. The van der Waals surface area contributed by atoms with Gasteiger partial charge in [0.2, 0.25) is 5.91 Å². The summed E-state index contributed by atoms with van der Waals surface area (Å²) in [6.07, 6.45) is 0.667. The van der Waals surface area contributed by atoms with Crippen LogP contribution in [-0.2, 0) is 9.53 Å². The van der Waals surface area contributed by atoms with Crippen LogP contribution in [0.1, 0.15) is 27.2 Å². The first-order valence-corrected chi connectivity index (χ1v) is 4.85. The summed E-state index contributed by atoms with van der Waals surface area (Å²) in [4.78, 5) is 11.0. The number of carbonyl (C=O) groups is 1. The number of amides is 1. The molecule has 4 nitrogen and oxygen atoms in total. The maximum Gasteiger partial charge on any atom is 0.246 e. The van der Waals surface area contributed by atoms with E-state index in [0.717, 1.165) is 0 Å². The Morgan fingerprint density at radius 3 is 2.57 bits per heavy atom. The third kappa shape index (κ3) is 6.86. The quantitative estimate of drug-likeness (QED) is 0.662. The van der Waals surface area contributed by atoms with Gasteiger partial charge in [-0.15, -0.1) is 0 Å². The van der Waals surface area contributed by atoms with E-state index in [1.165, 1.54) is 7.11 Å². The van der Waals surface area contributed by atoms with Crippen LogP contribution in [0.2, 0.25) is 0 Å². The zero-order chi connectivity index (χ0) is 11.2. The van der Waals surface area contributed by atoms with Gasteiger partial charge in [0.25, 0.3) is 0 Å². The summed E-state index contributed by atoms with van der Waals surface area (Å²) in [5.74, 6) is 0.209. The van der Waals surface area contributed by atoms with Gasteiger partial charge in [-0.1, -0.05) is 13.8 Å². The van der Waals surface area contributed by atoms with Gasteiger partial charge in [0.15, 0.2) is 0 Å². The first kappa shape index (κ1) is 13.4. The molecule has 1 amide bonds. The lowest BCUT2D eigenvalue weighted by atomic mass is 9.94. The van der Waals surface area contributed by atoms with Crippen molar-refractivity contribution in [3.05, 3.63) is 0 Å². The van der Waals surface area contributed by atoms with Gasteiger partial charge in [-0.25, -0.2) is 0 Å². The van der Waals surface area contributed by atoms with Crippen LogP contribution in [0.5, 0.6) is 0 Å². The Hall–Kier alpha value is -0.610. The van der Waals surface area contributed by atoms with Crippen molar-refractivity contribution in [2.24, 2.45) is 5.92 Å². The molecule has 0 aliphatic heterocycles. The smallest absolute Gasteiger partial charge is 0.246 e. The van der Waals surface area contributed by atoms with Crippen LogP contribution in [0, 0.1) is 5.92 Å². The number of carbonyl (C=O) groups excluding carboxylic acids is 1. The third-order valence-electron chi connectivity index (χ3n) is 1.79. The molecule has 0 spiro atoms. The Kier molecular flexibility index (Phi) is 5.72. The van der Waals surface area contributed by atoms with Crippen LogP contribution in [0.25, 0.3) is 0 Å². The Morgan fingerprint density at radius 1 is 1.57 bits per heavy atom. The van der Waals surface area contributed by atoms with Crippen molar-refractivity contribution in [3.63, 3.8) is 0 Å². The lowest BCUT2D eigenvalue weighted by Gasteiger charge is -2.25. The molecule has 0 aromatic carbocycles. The molecule has 84 valence electrons. The van der Waals surface area contributed by atoms with E-state index in [0.29, 0.717) is 12.3 Å². The van der Waals surface area contributed by atoms with E-state index >= 15 is 0 Å². The normalized spacial score (nSPS) is 15.3.